The lowest BCUT2D eigenvalue weighted by Gasteiger charge is -2.05. The standard InChI is InChI=1S/C11H14N2OS/c1-3-7-15-8-10(14)13-11-9(2)5-4-6-12-11/h3-6H,1,7-8H2,2H3,(H,12,13,14). The fourth-order valence-electron chi connectivity index (χ4n) is 1.02. The van der Waals surface area contributed by atoms with Gasteiger partial charge in [-0.3, -0.25) is 4.79 Å². The van der Waals surface area contributed by atoms with Crippen LogP contribution in [0.15, 0.2) is 31.0 Å². The number of nitrogens with zero attached hydrogens (tertiary/aromatic N) is 1. The largest absolute Gasteiger partial charge is 0.310 e. The Labute approximate surface area is 94.0 Å². The molecule has 3 nitrogen and oxygen atoms in total. The highest BCUT2D eigenvalue weighted by Crippen LogP contribution is 2.10. The first kappa shape index (κ1) is 11.8. The third-order valence-corrected chi connectivity index (χ3v) is 2.67. The maximum Gasteiger partial charge on any atom is 0.235 e. The molecule has 1 heterocycles. The molecule has 0 aromatic carbocycles. The van der Waals surface area contributed by atoms with E-state index in [9.17, 15) is 4.79 Å². The normalized spacial score (nSPS) is 9.67. The van der Waals surface area contributed by atoms with Gasteiger partial charge in [0.05, 0.1) is 5.75 Å². The Hall–Kier alpha value is -1.29. The molecule has 0 radical (unpaired) electrons. The molecule has 0 unspecified atom stereocenters. The number of hydrogen-bond acceptors (Lipinski definition) is 3. The van der Waals surface area contributed by atoms with E-state index >= 15 is 0 Å². The van der Waals surface area contributed by atoms with Crippen molar-refractivity contribution in [3.63, 3.8) is 0 Å². The van der Waals surface area contributed by atoms with Crippen molar-refractivity contribution in [1.29, 1.82) is 0 Å². The van der Waals surface area contributed by atoms with Gasteiger partial charge >= 0.3 is 0 Å². The second-order valence-electron chi connectivity index (χ2n) is 3.02. The van der Waals surface area contributed by atoms with Crippen molar-refractivity contribution in [2.75, 3.05) is 16.8 Å². The van der Waals surface area contributed by atoms with Crippen LogP contribution in [0, 0.1) is 6.92 Å². The minimum Gasteiger partial charge on any atom is -0.310 e. The summed E-state index contributed by atoms with van der Waals surface area (Å²) in [6, 6.07) is 3.76. The Morgan fingerprint density at radius 2 is 2.53 bits per heavy atom. The van der Waals surface area contributed by atoms with Gasteiger partial charge in [-0.1, -0.05) is 12.1 Å². The van der Waals surface area contributed by atoms with Gasteiger partial charge in [-0.15, -0.1) is 18.3 Å². The minimum absolute atomic E-state index is 0.0244. The van der Waals surface area contributed by atoms with Crippen molar-refractivity contribution in [3.8, 4) is 0 Å². The van der Waals surface area contributed by atoms with Crippen molar-refractivity contribution in [2.45, 2.75) is 6.92 Å². The smallest absolute Gasteiger partial charge is 0.235 e. The lowest BCUT2D eigenvalue weighted by molar-refractivity contribution is -0.113. The zero-order chi connectivity index (χ0) is 11.1. The van der Waals surface area contributed by atoms with Crippen LogP contribution in [-0.2, 0) is 4.79 Å². The number of aromatic nitrogens is 1. The molecule has 0 saturated heterocycles. The van der Waals surface area contributed by atoms with Crippen LogP contribution >= 0.6 is 11.8 Å². The van der Waals surface area contributed by atoms with Crippen LogP contribution in [0.5, 0.6) is 0 Å². The molecule has 1 aromatic rings. The Bertz CT molecular complexity index is 352. The minimum atomic E-state index is -0.0244. The second kappa shape index (κ2) is 6.24. The van der Waals surface area contributed by atoms with Gasteiger partial charge in [-0.05, 0) is 18.6 Å². The summed E-state index contributed by atoms with van der Waals surface area (Å²) in [4.78, 5) is 15.5. The van der Waals surface area contributed by atoms with E-state index in [1.165, 1.54) is 11.8 Å². The van der Waals surface area contributed by atoms with Gasteiger partial charge in [0.25, 0.3) is 0 Å². The van der Waals surface area contributed by atoms with E-state index in [1.54, 1.807) is 12.3 Å². The summed E-state index contributed by atoms with van der Waals surface area (Å²) in [6.45, 7) is 5.51. The molecular weight excluding hydrogens is 208 g/mol. The molecule has 0 aliphatic carbocycles. The number of anilines is 1. The highest BCUT2D eigenvalue weighted by Gasteiger charge is 2.04. The van der Waals surface area contributed by atoms with E-state index < -0.39 is 0 Å². The number of nitrogens with one attached hydrogen (secondary N) is 1. The summed E-state index contributed by atoms with van der Waals surface area (Å²) < 4.78 is 0. The molecule has 1 amide bonds. The van der Waals surface area contributed by atoms with E-state index in [4.69, 9.17) is 0 Å². The predicted octanol–water partition coefficient (Wildman–Crippen LogP) is 2.25. The molecule has 0 bridgehead atoms. The number of amides is 1. The number of rotatable bonds is 5. The van der Waals surface area contributed by atoms with Crippen LogP contribution in [0.2, 0.25) is 0 Å². The average molecular weight is 222 g/mol. The molecule has 1 N–H and O–H groups in total. The number of carbonyl (C=O) groups is 1. The highest BCUT2D eigenvalue weighted by molar-refractivity contribution is 8.00. The van der Waals surface area contributed by atoms with Gasteiger partial charge in [0.1, 0.15) is 5.82 Å². The zero-order valence-electron chi connectivity index (χ0n) is 8.69. The van der Waals surface area contributed by atoms with Gasteiger partial charge in [-0.25, -0.2) is 4.98 Å². The first-order chi connectivity index (χ1) is 7.24. The van der Waals surface area contributed by atoms with Gasteiger partial charge < -0.3 is 5.32 Å². The van der Waals surface area contributed by atoms with Crippen molar-refractivity contribution in [1.82, 2.24) is 4.98 Å². The van der Waals surface area contributed by atoms with Crippen LogP contribution < -0.4 is 5.32 Å². The number of carbonyl (C=O) groups excluding carboxylic acids is 1. The summed E-state index contributed by atoms with van der Waals surface area (Å²) >= 11 is 1.53. The molecule has 4 heteroatoms. The van der Waals surface area contributed by atoms with Gasteiger partial charge in [-0.2, -0.15) is 0 Å². The second-order valence-corrected chi connectivity index (χ2v) is 4.05. The number of pyridine rings is 1. The van der Waals surface area contributed by atoms with Crippen LogP contribution in [0.25, 0.3) is 0 Å². The molecular formula is C11H14N2OS. The Morgan fingerprint density at radius 3 is 3.20 bits per heavy atom. The van der Waals surface area contributed by atoms with Crippen molar-refractivity contribution in [3.05, 3.63) is 36.5 Å². The Morgan fingerprint density at radius 1 is 1.73 bits per heavy atom. The monoisotopic (exact) mass is 222 g/mol. The molecule has 80 valence electrons. The summed E-state index contributed by atoms with van der Waals surface area (Å²) in [6.07, 6.45) is 3.45. The maximum absolute atomic E-state index is 11.4. The quantitative estimate of drug-likeness (QED) is 0.613. The van der Waals surface area contributed by atoms with Crippen LogP contribution in [0.3, 0.4) is 0 Å². The number of thioether (sulfide) groups is 1. The van der Waals surface area contributed by atoms with E-state index in [-0.39, 0.29) is 5.91 Å². The molecule has 1 rings (SSSR count). The van der Waals surface area contributed by atoms with Gasteiger partial charge in [0.2, 0.25) is 5.91 Å². The van der Waals surface area contributed by atoms with Crippen LogP contribution in [-0.4, -0.2) is 22.4 Å². The lowest BCUT2D eigenvalue weighted by Crippen LogP contribution is -2.15. The number of aryl methyl sites for hydroxylation is 1. The fraction of sp³-hybridized carbons (Fsp3) is 0.273. The fourth-order valence-corrected chi connectivity index (χ4v) is 1.56. The van der Waals surface area contributed by atoms with Crippen LogP contribution in [0.1, 0.15) is 5.56 Å². The summed E-state index contributed by atoms with van der Waals surface area (Å²) in [7, 11) is 0. The molecule has 1 aromatic heterocycles. The summed E-state index contributed by atoms with van der Waals surface area (Å²) in [5, 5.41) is 2.76. The molecule has 15 heavy (non-hydrogen) atoms. The topological polar surface area (TPSA) is 42.0 Å². The third-order valence-electron chi connectivity index (χ3n) is 1.74. The third kappa shape index (κ3) is 4.16. The molecule has 0 aliphatic rings. The molecule has 0 aliphatic heterocycles. The van der Waals surface area contributed by atoms with Crippen LogP contribution in [0.4, 0.5) is 5.82 Å². The SMILES string of the molecule is C=CCSCC(=O)Nc1ncccc1C. The molecule has 0 saturated carbocycles. The first-order valence-corrected chi connectivity index (χ1v) is 5.79. The first-order valence-electron chi connectivity index (χ1n) is 4.64. The highest BCUT2D eigenvalue weighted by atomic mass is 32.2. The number of hydrogen-bond donors (Lipinski definition) is 1. The summed E-state index contributed by atoms with van der Waals surface area (Å²) in [5.74, 6) is 1.83. The van der Waals surface area contributed by atoms with E-state index in [0.29, 0.717) is 11.6 Å². The molecule has 0 fully saturated rings. The van der Waals surface area contributed by atoms with Crippen molar-refractivity contribution >= 4 is 23.5 Å². The molecule has 0 atom stereocenters. The van der Waals surface area contributed by atoms with Crippen molar-refractivity contribution < 1.29 is 4.79 Å². The van der Waals surface area contributed by atoms with E-state index in [1.807, 2.05) is 19.1 Å². The maximum atomic E-state index is 11.4. The Balaban J connectivity index is 2.44. The summed E-state index contributed by atoms with van der Waals surface area (Å²) in [5.41, 5.74) is 0.972. The lowest BCUT2D eigenvalue weighted by atomic mass is 10.3. The zero-order valence-corrected chi connectivity index (χ0v) is 9.51. The van der Waals surface area contributed by atoms with Gasteiger partial charge in [0, 0.05) is 11.9 Å². The molecule has 0 spiro atoms. The van der Waals surface area contributed by atoms with E-state index in [2.05, 4.69) is 16.9 Å². The van der Waals surface area contributed by atoms with E-state index in [0.717, 1.165) is 11.3 Å². The van der Waals surface area contributed by atoms with Gasteiger partial charge in [0.15, 0.2) is 0 Å². The predicted molar refractivity (Wildman–Crippen MR) is 65.1 cm³/mol. The average Bonchev–Trinajstić information content (AvgIpc) is 2.22. The van der Waals surface area contributed by atoms with Crippen molar-refractivity contribution in [2.24, 2.45) is 0 Å². The Kier molecular flexibility index (Phi) is 4.90.